The predicted octanol–water partition coefficient (Wildman–Crippen LogP) is 3.86. The molecule has 0 spiro atoms. The summed E-state index contributed by atoms with van der Waals surface area (Å²) in [6.07, 6.45) is 4.30. The minimum absolute atomic E-state index is 0.523. The van der Waals surface area contributed by atoms with Gasteiger partial charge in [0.05, 0.1) is 16.2 Å². The molecule has 1 aliphatic rings. The molecule has 1 aromatic heterocycles. The van der Waals surface area contributed by atoms with E-state index in [1.807, 2.05) is 24.4 Å². The first kappa shape index (κ1) is 14.6. The number of pyridine rings is 1. The molecule has 0 aliphatic carbocycles. The van der Waals surface area contributed by atoms with Gasteiger partial charge in [-0.15, -0.1) is 0 Å². The van der Waals surface area contributed by atoms with Crippen molar-refractivity contribution in [2.45, 2.75) is 38.8 Å². The molecule has 1 atom stereocenters. The molecule has 1 fully saturated rings. The van der Waals surface area contributed by atoms with Gasteiger partial charge in [0, 0.05) is 36.8 Å². The Hall–Kier alpha value is -1.32. The highest BCUT2D eigenvalue weighted by molar-refractivity contribution is 6.35. The SMILES string of the molecule is CC(C)NC1CCCN(c2ccc(Cl)c3cccnc23)C1. The highest BCUT2D eigenvalue weighted by atomic mass is 35.5. The average Bonchev–Trinajstić information content (AvgIpc) is 2.47. The quantitative estimate of drug-likeness (QED) is 0.933. The van der Waals surface area contributed by atoms with Crippen molar-refractivity contribution in [1.82, 2.24) is 10.3 Å². The van der Waals surface area contributed by atoms with Crippen LogP contribution in [0.25, 0.3) is 10.9 Å². The van der Waals surface area contributed by atoms with E-state index in [1.54, 1.807) is 0 Å². The van der Waals surface area contributed by atoms with Gasteiger partial charge in [0.1, 0.15) is 0 Å². The van der Waals surface area contributed by atoms with E-state index in [-0.39, 0.29) is 0 Å². The van der Waals surface area contributed by atoms with Crippen LogP contribution >= 0.6 is 11.6 Å². The number of rotatable bonds is 3. The van der Waals surface area contributed by atoms with Gasteiger partial charge in [-0.1, -0.05) is 25.4 Å². The fourth-order valence-electron chi connectivity index (χ4n) is 3.18. The normalized spacial score (nSPS) is 19.4. The second-order valence-electron chi connectivity index (χ2n) is 6.07. The molecule has 1 aromatic carbocycles. The molecule has 0 amide bonds. The number of aromatic nitrogens is 1. The minimum atomic E-state index is 0.523. The number of hydrogen-bond donors (Lipinski definition) is 1. The molecule has 4 heteroatoms. The monoisotopic (exact) mass is 303 g/mol. The predicted molar refractivity (Wildman–Crippen MR) is 90.3 cm³/mol. The van der Waals surface area contributed by atoms with Crippen LogP contribution in [0.4, 0.5) is 5.69 Å². The Morgan fingerprint density at radius 3 is 3.00 bits per heavy atom. The third-order valence-corrected chi connectivity index (χ3v) is 4.36. The third-order valence-electron chi connectivity index (χ3n) is 4.03. The first-order valence-electron chi connectivity index (χ1n) is 7.69. The van der Waals surface area contributed by atoms with Crippen molar-refractivity contribution in [1.29, 1.82) is 0 Å². The van der Waals surface area contributed by atoms with E-state index in [2.05, 4.69) is 35.1 Å². The lowest BCUT2D eigenvalue weighted by molar-refractivity contribution is 0.395. The van der Waals surface area contributed by atoms with Gasteiger partial charge in [0.15, 0.2) is 0 Å². The zero-order valence-electron chi connectivity index (χ0n) is 12.6. The van der Waals surface area contributed by atoms with Crippen molar-refractivity contribution in [2.75, 3.05) is 18.0 Å². The highest BCUT2D eigenvalue weighted by Crippen LogP contribution is 2.31. The summed E-state index contributed by atoms with van der Waals surface area (Å²) in [6, 6.07) is 9.15. The van der Waals surface area contributed by atoms with Gasteiger partial charge in [0.2, 0.25) is 0 Å². The molecule has 3 rings (SSSR count). The smallest absolute Gasteiger partial charge is 0.0950 e. The van der Waals surface area contributed by atoms with Crippen LogP contribution in [0.5, 0.6) is 0 Å². The molecule has 0 radical (unpaired) electrons. The van der Waals surface area contributed by atoms with E-state index in [0.717, 1.165) is 29.0 Å². The number of halogens is 1. The third kappa shape index (κ3) is 3.14. The van der Waals surface area contributed by atoms with E-state index in [0.29, 0.717) is 12.1 Å². The second kappa shape index (κ2) is 6.20. The van der Waals surface area contributed by atoms with Crippen LogP contribution in [-0.2, 0) is 0 Å². The zero-order chi connectivity index (χ0) is 14.8. The number of piperidine rings is 1. The molecule has 2 heterocycles. The summed E-state index contributed by atoms with van der Waals surface area (Å²) < 4.78 is 0. The lowest BCUT2D eigenvalue weighted by Crippen LogP contribution is -2.48. The van der Waals surface area contributed by atoms with Crippen molar-refractivity contribution < 1.29 is 0 Å². The Labute approximate surface area is 131 Å². The number of fused-ring (bicyclic) bond motifs is 1. The van der Waals surface area contributed by atoms with Gasteiger partial charge in [0.25, 0.3) is 0 Å². The summed E-state index contributed by atoms with van der Waals surface area (Å²) in [4.78, 5) is 7.00. The molecule has 1 saturated heterocycles. The van der Waals surface area contributed by atoms with E-state index in [4.69, 9.17) is 11.6 Å². The number of anilines is 1. The number of benzene rings is 1. The molecule has 1 N–H and O–H groups in total. The molecule has 3 nitrogen and oxygen atoms in total. The van der Waals surface area contributed by atoms with Crippen molar-refractivity contribution in [3.8, 4) is 0 Å². The van der Waals surface area contributed by atoms with Gasteiger partial charge in [-0.2, -0.15) is 0 Å². The molecule has 21 heavy (non-hydrogen) atoms. The maximum absolute atomic E-state index is 6.29. The Morgan fingerprint density at radius 2 is 2.19 bits per heavy atom. The first-order valence-corrected chi connectivity index (χ1v) is 8.07. The largest absolute Gasteiger partial charge is 0.368 e. The fraction of sp³-hybridized carbons (Fsp3) is 0.471. The number of hydrogen-bond acceptors (Lipinski definition) is 3. The van der Waals surface area contributed by atoms with Gasteiger partial charge >= 0.3 is 0 Å². The van der Waals surface area contributed by atoms with Crippen molar-refractivity contribution in [3.63, 3.8) is 0 Å². The molecular weight excluding hydrogens is 282 g/mol. The zero-order valence-corrected chi connectivity index (χ0v) is 13.4. The first-order chi connectivity index (χ1) is 10.1. The van der Waals surface area contributed by atoms with Crippen molar-refractivity contribution in [2.24, 2.45) is 0 Å². The van der Waals surface area contributed by atoms with Crippen LogP contribution in [0, 0.1) is 0 Å². The van der Waals surface area contributed by atoms with Crippen LogP contribution in [0.15, 0.2) is 30.5 Å². The van der Waals surface area contributed by atoms with Gasteiger partial charge in [-0.25, -0.2) is 0 Å². The van der Waals surface area contributed by atoms with Crippen LogP contribution in [-0.4, -0.2) is 30.2 Å². The maximum Gasteiger partial charge on any atom is 0.0950 e. The van der Waals surface area contributed by atoms with E-state index < -0.39 is 0 Å². The average molecular weight is 304 g/mol. The van der Waals surface area contributed by atoms with Crippen molar-refractivity contribution >= 4 is 28.2 Å². The van der Waals surface area contributed by atoms with Crippen LogP contribution in [0.3, 0.4) is 0 Å². The number of nitrogens with one attached hydrogen (secondary N) is 1. The van der Waals surface area contributed by atoms with Crippen LogP contribution < -0.4 is 10.2 Å². The Kier molecular flexibility index (Phi) is 4.32. The fourth-order valence-corrected chi connectivity index (χ4v) is 3.40. The summed E-state index contributed by atoms with van der Waals surface area (Å²) in [6.45, 7) is 6.53. The minimum Gasteiger partial charge on any atom is -0.368 e. The summed E-state index contributed by atoms with van der Waals surface area (Å²) in [5.74, 6) is 0. The Morgan fingerprint density at radius 1 is 1.33 bits per heavy atom. The van der Waals surface area contributed by atoms with Crippen LogP contribution in [0.2, 0.25) is 5.02 Å². The lowest BCUT2D eigenvalue weighted by atomic mass is 10.0. The number of nitrogens with zero attached hydrogens (tertiary/aromatic N) is 2. The molecule has 112 valence electrons. The molecule has 0 bridgehead atoms. The molecular formula is C17H22ClN3. The van der Waals surface area contributed by atoms with Crippen molar-refractivity contribution in [3.05, 3.63) is 35.5 Å². The lowest BCUT2D eigenvalue weighted by Gasteiger charge is -2.36. The summed E-state index contributed by atoms with van der Waals surface area (Å²) in [7, 11) is 0. The summed E-state index contributed by atoms with van der Waals surface area (Å²) in [5, 5.41) is 5.46. The van der Waals surface area contributed by atoms with Gasteiger partial charge in [-0.3, -0.25) is 4.98 Å². The highest BCUT2D eigenvalue weighted by Gasteiger charge is 2.22. The van der Waals surface area contributed by atoms with E-state index >= 15 is 0 Å². The van der Waals surface area contributed by atoms with Crippen LogP contribution in [0.1, 0.15) is 26.7 Å². The molecule has 1 aliphatic heterocycles. The molecule has 1 unspecified atom stereocenters. The Bertz CT molecular complexity index is 626. The second-order valence-corrected chi connectivity index (χ2v) is 6.48. The van der Waals surface area contributed by atoms with E-state index in [9.17, 15) is 0 Å². The maximum atomic E-state index is 6.29. The van der Waals surface area contributed by atoms with Gasteiger partial charge in [-0.05, 0) is 37.1 Å². The Balaban J connectivity index is 1.91. The summed E-state index contributed by atoms with van der Waals surface area (Å²) in [5.41, 5.74) is 2.21. The summed E-state index contributed by atoms with van der Waals surface area (Å²) >= 11 is 6.29. The molecule has 0 saturated carbocycles. The standard InChI is InChI=1S/C17H22ClN3/c1-12(2)20-13-5-4-10-21(11-13)16-8-7-15(18)14-6-3-9-19-17(14)16/h3,6-9,12-13,20H,4-5,10-11H2,1-2H3. The topological polar surface area (TPSA) is 28.2 Å². The molecule has 2 aromatic rings. The van der Waals surface area contributed by atoms with E-state index in [1.165, 1.54) is 18.5 Å². The van der Waals surface area contributed by atoms with Gasteiger partial charge < -0.3 is 10.2 Å².